The van der Waals surface area contributed by atoms with Gasteiger partial charge in [0.25, 0.3) is 0 Å². The highest BCUT2D eigenvalue weighted by atomic mass is 16.6. The van der Waals surface area contributed by atoms with E-state index in [-0.39, 0.29) is 28.6 Å². The summed E-state index contributed by atoms with van der Waals surface area (Å²) >= 11 is 0. The van der Waals surface area contributed by atoms with Crippen molar-refractivity contribution in [2.45, 2.75) is 6.92 Å². The van der Waals surface area contributed by atoms with E-state index in [2.05, 4.69) is 0 Å². The number of ether oxygens (including phenoxy) is 3. The van der Waals surface area contributed by atoms with E-state index in [0.717, 1.165) is 0 Å². The summed E-state index contributed by atoms with van der Waals surface area (Å²) in [7, 11) is 1.44. The van der Waals surface area contributed by atoms with Gasteiger partial charge in [-0.25, -0.2) is 4.79 Å². The van der Waals surface area contributed by atoms with Gasteiger partial charge < -0.3 is 14.2 Å². The summed E-state index contributed by atoms with van der Waals surface area (Å²) in [6, 6.07) is 18.3. The zero-order valence-electron chi connectivity index (χ0n) is 17.6. The average Bonchev–Trinajstić information content (AvgIpc) is 3.05. The number of carbonyl (C=O) groups is 3. The second-order valence-electron chi connectivity index (χ2n) is 6.99. The van der Waals surface area contributed by atoms with Gasteiger partial charge in [0.1, 0.15) is 11.3 Å². The minimum absolute atomic E-state index is 0.0867. The molecule has 0 radical (unpaired) electrons. The molecular weight excluding hydrogens is 408 g/mol. The molecule has 0 atom stereocenters. The van der Waals surface area contributed by atoms with Crippen molar-refractivity contribution in [2.24, 2.45) is 0 Å². The molecule has 1 aliphatic carbocycles. The third-order valence-corrected chi connectivity index (χ3v) is 5.01. The Morgan fingerprint density at radius 1 is 0.844 bits per heavy atom. The van der Waals surface area contributed by atoms with E-state index in [1.807, 2.05) is 6.92 Å². The lowest BCUT2D eigenvalue weighted by Crippen LogP contribution is -2.11. The monoisotopic (exact) mass is 428 g/mol. The molecule has 0 saturated carbocycles. The predicted molar refractivity (Wildman–Crippen MR) is 119 cm³/mol. The smallest absolute Gasteiger partial charge is 0.347 e. The molecule has 0 amide bonds. The van der Waals surface area contributed by atoms with Crippen LogP contribution in [0.15, 0.2) is 72.3 Å². The minimum atomic E-state index is -0.588. The first-order valence-electron chi connectivity index (χ1n) is 10.1. The van der Waals surface area contributed by atoms with Crippen LogP contribution in [0.1, 0.15) is 43.6 Å². The van der Waals surface area contributed by atoms with E-state index in [9.17, 15) is 14.4 Å². The van der Waals surface area contributed by atoms with E-state index in [1.54, 1.807) is 66.7 Å². The highest BCUT2D eigenvalue weighted by molar-refractivity contribution is 6.41. The number of fused-ring (bicyclic) bond motifs is 1. The highest BCUT2D eigenvalue weighted by Crippen LogP contribution is 2.33. The Morgan fingerprint density at radius 2 is 1.50 bits per heavy atom. The molecule has 0 heterocycles. The van der Waals surface area contributed by atoms with Gasteiger partial charge in [0.05, 0.1) is 19.3 Å². The maximum atomic E-state index is 12.7. The fourth-order valence-corrected chi connectivity index (χ4v) is 3.50. The average molecular weight is 428 g/mol. The number of methoxy groups -OCH3 is 1. The number of allylic oxidation sites excluding steroid dienone is 1. The van der Waals surface area contributed by atoms with Crippen LogP contribution in [-0.2, 0) is 0 Å². The fraction of sp³-hybridized carbons (Fsp3) is 0.115. The van der Waals surface area contributed by atoms with Gasteiger partial charge in [-0.1, -0.05) is 42.5 Å². The second kappa shape index (κ2) is 8.89. The number of rotatable bonds is 6. The van der Waals surface area contributed by atoms with Crippen molar-refractivity contribution in [2.75, 3.05) is 13.7 Å². The van der Waals surface area contributed by atoms with Gasteiger partial charge in [0.15, 0.2) is 23.1 Å². The SMILES string of the molecule is CCOc1ccccc1C(=O)Oc1ccc(C=C2C(=O)c3ccccc3C2=O)cc1OC. The molecular formula is C26H20O6. The number of para-hydroxylation sites is 1. The summed E-state index contributed by atoms with van der Waals surface area (Å²) < 4.78 is 16.4. The Kier molecular flexibility index (Phi) is 5.85. The fourth-order valence-electron chi connectivity index (χ4n) is 3.50. The molecule has 0 N–H and O–H groups in total. The van der Waals surface area contributed by atoms with Crippen molar-refractivity contribution < 1.29 is 28.6 Å². The molecule has 0 unspecified atom stereocenters. The van der Waals surface area contributed by atoms with Gasteiger partial charge >= 0.3 is 5.97 Å². The lowest BCUT2D eigenvalue weighted by Gasteiger charge is -2.12. The standard InChI is InChI=1S/C26H20O6/c1-3-31-21-11-7-6-10-19(21)26(29)32-22-13-12-16(15-23(22)30-2)14-20-24(27)17-8-4-5-9-18(17)25(20)28/h4-15H,3H2,1-2H3. The molecule has 0 spiro atoms. The molecule has 3 aromatic carbocycles. The van der Waals surface area contributed by atoms with Crippen LogP contribution in [0.3, 0.4) is 0 Å². The van der Waals surface area contributed by atoms with Gasteiger partial charge in [0.2, 0.25) is 0 Å². The van der Waals surface area contributed by atoms with Crippen molar-refractivity contribution in [3.8, 4) is 17.2 Å². The van der Waals surface area contributed by atoms with Crippen LogP contribution in [-0.4, -0.2) is 31.3 Å². The summed E-state index contributed by atoms with van der Waals surface area (Å²) in [5.41, 5.74) is 1.75. The number of hydrogen-bond donors (Lipinski definition) is 0. The topological polar surface area (TPSA) is 78.9 Å². The molecule has 6 heteroatoms. The molecule has 0 aliphatic heterocycles. The van der Waals surface area contributed by atoms with Crippen LogP contribution in [0.5, 0.6) is 17.2 Å². The van der Waals surface area contributed by atoms with Crippen molar-refractivity contribution >= 4 is 23.6 Å². The Labute approximate surface area is 185 Å². The number of esters is 1. The van der Waals surface area contributed by atoms with Gasteiger partial charge in [-0.3, -0.25) is 9.59 Å². The molecule has 4 rings (SSSR count). The number of benzene rings is 3. The quantitative estimate of drug-likeness (QED) is 0.243. The lowest BCUT2D eigenvalue weighted by molar-refractivity contribution is 0.0725. The maximum Gasteiger partial charge on any atom is 0.347 e. The first kappa shape index (κ1) is 21.1. The molecule has 1 aliphatic rings. The number of carbonyl (C=O) groups excluding carboxylic acids is 3. The van der Waals surface area contributed by atoms with E-state index in [1.165, 1.54) is 13.2 Å². The zero-order valence-corrected chi connectivity index (χ0v) is 17.6. The first-order chi connectivity index (χ1) is 15.5. The van der Waals surface area contributed by atoms with E-state index in [4.69, 9.17) is 14.2 Å². The Hall–Kier alpha value is -4.19. The first-order valence-corrected chi connectivity index (χ1v) is 10.1. The van der Waals surface area contributed by atoms with E-state index >= 15 is 0 Å². The molecule has 160 valence electrons. The van der Waals surface area contributed by atoms with Crippen LogP contribution in [0.25, 0.3) is 6.08 Å². The Morgan fingerprint density at radius 3 is 2.16 bits per heavy atom. The second-order valence-corrected chi connectivity index (χ2v) is 6.99. The molecule has 3 aromatic rings. The van der Waals surface area contributed by atoms with Crippen molar-refractivity contribution in [1.82, 2.24) is 0 Å². The molecule has 0 aromatic heterocycles. The van der Waals surface area contributed by atoms with Crippen LogP contribution >= 0.6 is 0 Å². The highest BCUT2D eigenvalue weighted by Gasteiger charge is 2.32. The Bertz CT molecular complexity index is 1220. The van der Waals surface area contributed by atoms with Crippen molar-refractivity contribution in [3.63, 3.8) is 0 Å². The summed E-state index contributed by atoms with van der Waals surface area (Å²) in [5, 5.41) is 0. The van der Waals surface area contributed by atoms with Crippen LogP contribution in [0.4, 0.5) is 0 Å². The van der Waals surface area contributed by atoms with Gasteiger partial charge in [-0.2, -0.15) is 0 Å². The van der Waals surface area contributed by atoms with Crippen LogP contribution in [0.2, 0.25) is 0 Å². The number of Topliss-reactive ketones (excluding diaryl/α,β-unsaturated/α-hetero) is 2. The van der Waals surface area contributed by atoms with Crippen LogP contribution < -0.4 is 14.2 Å². The normalized spacial score (nSPS) is 12.4. The third-order valence-electron chi connectivity index (χ3n) is 5.01. The molecule has 6 nitrogen and oxygen atoms in total. The molecule has 32 heavy (non-hydrogen) atoms. The summed E-state index contributed by atoms with van der Waals surface area (Å²) in [6.07, 6.45) is 1.52. The van der Waals surface area contributed by atoms with Gasteiger partial charge in [-0.15, -0.1) is 0 Å². The lowest BCUT2D eigenvalue weighted by atomic mass is 10.1. The largest absolute Gasteiger partial charge is 0.493 e. The molecule has 0 bridgehead atoms. The van der Waals surface area contributed by atoms with Gasteiger partial charge in [0, 0.05) is 11.1 Å². The predicted octanol–water partition coefficient (Wildman–Crippen LogP) is 4.78. The number of hydrogen-bond acceptors (Lipinski definition) is 6. The summed E-state index contributed by atoms with van der Waals surface area (Å²) in [4.78, 5) is 37.9. The van der Waals surface area contributed by atoms with E-state index < -0.39 is 5.97 Å². The van der Waals surface area contributed by atoms with Gasteiger partial charge in [-0.05, 0) is 42.8 Å². The zero-order chi connectivity index (χ0) is 22.7. The molecule has 0 saturated heterocycles. The minimum Gasteiger partial charge on any atom is -0.493 e. The van der Waals surface area contributed by atoms with Crippen molar-refractivity contribution in [1.29, 1.82) is 0 Å². The van der Waals surface area contributed by atoms with Crippen LogP contribution in [0, 0.1) is 0 Å². The summed E-state index contributed by atoms with van der Waals surface area (Å²) in [6.45, 7) is 2.25. The van der Waals surface area contributed by atoms with E-state index in [0.29, 0.717) is 34.6 Å². The maximum absolute atomic E-state index is 12.7. The Balaban J connectivity index is 1.61. The number of ketones is 2. The van der Waals surface area contributed by atoms with Crippen molar-refractivity contribution in [3.05, 3.63) is 94.6 Å². The third kappa shape index (κ3) is 3.90. The molecule has 0 fully saturated rings. The summed E-state index contributed by atoms with van der Waals surface area (Å²) in [5.74, 6) is -0.288.